The largest absolute Gasteiger partial charge is 0.399 e. The van der Waals surface area contributed by atoms with Gasteiger partial charge in [-0.15, -0.1) is 0 Å². The van der Waals surface area contributed by atoms with Crippen molar-refractivity contribution in [1.29, 1.82) is 0 Å². The smallest absolute Gasteiger partial charge is 0.104 e. The fraction of sp³-hybridized carbons (Fsp3) is 0.400. The minimum Gasteiger partial charge on any atom is -0.399 e. The molecule has 2 nitrogen and oxygen atoms in total. The highest BCUT2D eigenvalue weighted by molar-refractivity contribution is 7.53. The third-order valence-corrected chi connectivity index (χ3v) is 3.73. The summed E-state index contributed by atoms with van der Waals surface area (Å²) >= 11 is 0. The molecule has 2 N–H and O–H groups in total. The summed E-state index contributed by atoms with van der Waals surface area (Å²) in [6.07, 6.45) is 2.94. The monoisotopic (exact) mass is 197 g/mol. The summed E-state index contributed by atoms with van der Waals surface area (Å²) in [5.41, 5.74) is 6.30. The Bertz CT molecular complexity index is 299. The molecule has 0 aliphatic rings. The molecule has 0 fully saturated rings. The highest BCUT2D eigenvalue weighted by atomic mass is 31.1. The molecule has 1 unspecified atom stereocenters. The lowest BCUT2D eigenvalue weighted by molar-refractivity contribution is 0.591. The van der Waals surface area contributed by atoms with E-state index >= 15 is 0 Å². The maximum absolute atomic E-state index is 11.7. The first-order valence-electron chi connectivity index (χ1n) is 4.62. The first-order valence-corrected chi connectivity index (χ1v) is 6.24. The van der Waals surface area contributed by atoms with Crippen molar-refractivity contribution in [2.24, 2.45) is 0 Å². The predicted molar refractivity (Wildman–Crippen MR) is 59.3 cm³/mol. The number of nitrogen functional groups attached to an aromatic ring is 1. The van der Waals surface area contributed by atoms with Crippen molar-refractivity contribution in [2.75, 3.05) is 11.9 Å². The topological polar surface area (TPSA) is 43.1 Å². The average Bonchev–Trinajstić information content (AvgIpc) is 2.14. The van der Waals surface area contributed by atoms with Crippen LogP contribution >= 0.6 is 7.80 Å². The van der Waals surface area contributed by atoms with Crippen LogP contribution in [-0.4, -0.2) is 6.16 Å². The zero-order chi connectivity index (χ0) is 9.68. The summed E-state index contributed by atoms with van der Waals surface area (Å²) in [6.45, 7) is 2.11. The quantitative estimate of drug-likeness (QED) is 0.594. The molecule has 0 amide bonds. The molecule has 0 aromatic heterocycles. The van der Waals surface area contributed by atoms with Gasteiger partial charge >= 0.3 is 0 Å². The highest BCUT2D eigenvalue weighted by Crippen LogP contribution is 2.22. The molecule has 0 saturated carbocycles. The summed E-state index contributed by atoms with van der Waals surface area (Å²) < 4.78 is 11.7. The molecule has 0 aliphatic carbocycles. The van der Waals surface area contributed by atoms with Gasteiger partial charge in [-0.05, 0) is 18.6 Å². The summed E-state index contributed by atoms with van der Waals surface area (Å²) in [6, 6.07) is 7.39. The third-order valence-electron chi connectivity index (χ3n) is 1.97. The molecule has 0 heterocycles. The van der Waals surface area contributed by atoms with Crippen LogP contribution in [0.15, 0.2) is 24.3 Å². The SMILES string of the molecule is CCCC[PH](=O)c1cccc(N)c1. The van der Waals surface area contributed by atoms with Crippen LogP contribution in [0.3, 0.4) is 0 Å². The third kappa shape index (κ3) is 3.23. The first kappa shape index (κ1) is 10.3. The Hall–Kier alpha value is -0.750. The lowest BCUT2D eigenvalue weighted by Gasteiger charge is -2.01. The molecular weight excluding hydrogens is 181 g/mol. The molecular formula is C10H16NOP. The summed E-state index contributed by atoms with van der Waals surface area (Å²) in [7, 11) is -1.58. The van der Waals surface area contributed by atoms with E-state index in [2.05, 4.69) is 6.92 Å². The van der Waals surface area contributed by atoms with Crippen molar-refractivity contribution >= 4 is 18.8 Å². The van der Waals surface area contributed by atoms with E-state index in [1.54, 1.807) is 0 Å². The maximum atomic E-state index is 11.7. The summed E-state index contributed by atoms with van der Waals surface area (Å²) in [5, 5.41) is 0.915. The van der Waals surface area contributed by atoms with Gasteiger partial charge in [0.15, 0.2) is 0 Å². The minimum atomic E-state index is -1.58. The van der Waals surface area contributed by atoms with Gasteiger partial charge in [0.2, 0.25) is 0 Å². The normalized spacial score (nSPS) is 12.7. The van der Waals surface area contributed by atoms with Crippen molar-refractivity contribution in [3.05, 3.63) is 24.3 Å². The van der Waals surface area contributed by atoms with E-state index in [1.165, 1.54) is 0 Å². The molecule has 1 rings (SSSR count). The molecule has 0 aliphatic heterocycles. The molecule has 0 radical (unpaired) electrons. The Morgan fingerprint density at radius 3 is 2.85 bits per heavy atom. The Morgan fingerprint density at radius 2 is 2.23 bits per heavy atom. The van der Waals surface area contributed by atoms with Crippen molar-refractivity contribution < 1.29 is 4.57 Å². The van der Waals surface area contributed by atoms with E-state index in [0.717, 1.165) is 24.3 Å². The fourth-order valence-electron chi connectivity index (χ4n) is 1.19. The van der Waals surface area contributed by atoms with E-state index in [4.69, 9.17) is 5.73 Å². The van der Waals surface area contributed by atoms with Crippen LogP contribution in [0.1, 0.15) is 19.8 Å². The molecule has 1 aromatic rings. The molecule has 1 atom stereocenters. The first-order chi connectivity index (χ1) is 6.24. The second-order valence-corrected chi connectivity index (χ2v) is 5.08. The number of hydrogen-bond donors (Lipinski definition) is 1. The van der Waals surface area contributed by atoms with E-state index in [1.807, 2.05) is 24.3 Å². The van der Waals surface area contributed by atoms with E-state index < -0.39 is 7.80 Å². The van der Waals surface area contributed by atoms with Crippen LogP contribution in [0.5, 0.6) is 0 Å². The van der Waals surface area contributed by atoms with Crippen LogP contribution in [0, 0.1) is 0 Å². The second kappa shape index (κ2) is 5.08. The maximum Gasteiger partial charge on any atom is 0.104 e. The predicted octanol–water partition coefficient (Wildman–Crippen LogP) is 2.25. The lowest BCUT2D eigenvalue weighted by atomic mass is 10.3. The van der Waals surface area contributed by atoms with Gasteiger partial charge < -0.3 is 10.3 Å². The molecule has 0 spiro atoms. The van der Waals surface area contributed by atoms with Gasteiger partial charge in [-0.25, -0.2) is 0 Å². The molecule has 3 heteroatoms. The Morgan fingerprint density at radius 1 is 1.46 bits per heavy atom. The minimum absolute atomic E-state index is 0.701. The number of benzene rings is 1. The van der Waals surface area contributed by atoms with Crippen molar-refractivity contribution in [2.45, 2.75) is 19.8 Å². The molecule has 0 saturated heterocycles. The van der Waals surface area contributed by atoms with Gasteiger partial charge in [-0.1, -0.05) is 25.5 Å². The zero-order valence-electron chi connectivity index (χ0n) is 7.92. The van der Waals surface area contributed by atoms with Crippen LogP contribution in [0.25, 0.3) is 0 Å². The summed E-state index contributed by atoms with van der Waals surface area (Å²) in [4.78, 5) is 0. The Labute approximate surface area is 79.9 Å². The molecule has 0 bridgehead atoms. The number of unbranched alkanes of at least 4 members (excludes halogenated alkanes) is 1. The number of hydrogen-bond acceptors (Lipinski definition) is 2. The highest BCUT2D eigenvalue weighted by Gasteiger charge is 2.02. The zero-order valence-corrected chi connectivity index (χ0v) is 8.92. The van der Waals surface area contributed by atoms with Crippen LogP contribution in [0.4, 0.5) is 5.69 Å². The van der Waals surface area contributed by atoms with Crippen LogP contribution in [0.2, 0.25) is 0 Å². The molecule has 1 aromatic carbocycles. The van der Waals surface area contributed by atoms with Crippen LogP contribution in [-0.2, 0) is 4.57 Å². The molecule has 13 heavy (non-hydrogen) atoms. The van der Waals surface area contributed by atoms with Gasteiger partial charge in [0.25, 0.3) is 0 Å². The molecule has 72 valence electrons. The lowest BCUT2D eigenvalue weighted by Crippen LogP contribution is -1.99. The van der Waals surface area contributed by atoms with Gasteiger partial charge in [-0.3, -0.25) is 0 Å². The van der Waals surface area contributed by atoms with Crippen molar-refractivity contribution in [1.82, 2.24) is 0 Å². The number of rotatable bonds is 4. The van der Waals surface area contributed by atoms with Gasteiger partial charge in [0.05, 0.1) is 0 Å². The van der Waals surface area contributed by atoms with Gasteiger partial charge in [0.1, 0.15) is 7.80 Å². The van der Waals surface area contributed by atoms with Crippen molar-refractivity contribution in [3.8, 4) is 0 Å². The standard InChI is InChI=1S/C10H16NOP/c1-2-3-7-13(12)10-6-4-5-9(11)8-10/h4-6,8,13H,2-3,7,11H2,1H3. The summed E-state index contributed by atoms with van der Waals surface area (Å²) in [5.74, 6) is 0. The van der Waals surface area contributed by atoms with Gasteiger partial charge in [0, 0.05) is 17.2 Å². The van der Waals surface area contributed by atoms with E-state index in [-0.39, 0.29) is 0 Å². The number of nitrogens with two attached hydrogens (primary N) is 1. The van der Waals surface area contributed by atoms with Crippen LogP contribution < -0.4 is 11.0 Å². The van der Waals surface area contributed by atoms with Crippen molar-refractivity contribution in [3.63, 3.8) is 0 Å². The Kier molecular flexibility index (Phi) is 4.04. The van der Waals surface area contributed by atoms with E-state index in [0.29, 0.717) is 5.69 Å². The van der Waals surface area contributed by atoms with E-state index in [9.17, 15) is 4.57 Å². The van der Waals surface area contributed by atoms with Gasteiger partial charge in [-0.2, -0.15) is 0 Å². The second-order valence-electron chi connectivity index (χ2n) is 3.15. The Balaban J connectivity index is 2.66. The average molecular weight is 197 g/mol. The number of anilines is 1. The fourth-order valence-corrected chi connectivity index (χ4v) is 2.77.